The number of aromatic hydroxyl groups is 1. The van der Waals surface area contributed by atoms with E-state index in [0.29, 0.717) is 18.7 Å². The zero-order chi connectivity index (χ0) is 20.1. The van der Waals surface area contributed by atoms with Crippen molar-refractivity contribution in [3.63, 3.8) is 0 Å². The molecule has 0 amide bonds. The third-order valence-corrected chi connectivity index (χ3v) is 6.30. The van der Waals surface area contributed by atoms with Crippen LogP contribution in [0.1, 0.15) is 47.1 Å². The van der Waals surface area contributed by atoms with Gasteiger partial charge in [-0.25, -0.2) is 0 Å². The summed E-state index contributed by atoms with van der Waals surface area (Å²) in [4.78, 5) is 13.4. The van der Waals surface area contributed by atoms with Crippen LogP contribution >= 0.6 is 15.9 Å². The van der Waals surface area contributed by atoms with E-state index >= 15 is 0 Å². The highest BCUT2D eigenvalue weighted by molar-refractivity contribution is 9.10. The van der Waals surface area contributed by atoms with Crippen LogP contribution in [0.25, 0.3) is 0 Å². The Morgan fingerprint density at radius 1 is 1.14 bits per heavy atom. The molecule has 0 bridgehead atoms. The molecule has 0 spiro atoms. The van der Waals surface area contributed by atoms with Gasteiger partial charge in [0.2, 0.25) is 5.88 Å². The number of rotatable bonds is 2. The number of fused-ring (bicyclic) bond motifs is 1. The van der Waals surface area contributed by atoms with E-state index in [1.165, 1.54) is 0 Å². The number of nitrogens with zero attached hydrogens (tertiary/aromatic N) is 1. The smallest absolute Gasteiger partial charge is 0.233 e. The Morgan fingerprint density at radius 2 is 1.93 bits per heavy atom. The van der Waals surface area contributed by atoms with Crippen LogP contribution in [0.2, 0.25) is 0 Å². The molecule has 0 saturated carbocycles. The van der Waals surface area contributed by atoms with Gasteiger partial charge in [-0.15, -0.1) is 0 Å². The Morgan fingerprint density at radius 3 is 2.69 bits per heavy atom. The number of halogens is 1. The van der Waals surface area contributed by atoms with E-state index in [-0.39, 0.29) is 23.4 Å². The Labute approximate surface area is 176 Å². The second-order valence-corrected chi connectivity index (χ2v) is 8.55. The largest absolute Gasteiger partial charge is 0.508 e. The first-order valence-electron chi connectivity index (χ1n) is 9.55. The van der Waals surface area contributed by atoms with Crippen molar-refractivity contribution >= 4 is 27.6 Å². The van der Waals surface area contributed by atoms with Gasteiger partial charge in [-0.2, -0.15) is 0 Å². The SMILES string of the molecule is Cc1noc2c1[C@@H](c1cccc(Br)c1)C1=C(C[C@H](c3ccc(O)cc3)CC1=O)N2. The number of aromatic nitrogens is 1. The van der Waals surface area contributed by atoms with Gasteiger partial charge < -0.3 is 14.9 Å². The summed E-state index contributed by atoms with van der Waals surface area (Å²) in [6.07, 6.45) is 1.14. The van der Waals surface area contributed by atoms with Crippen molar-refractivity contribution in [2.45, 2.75) is 31.6 Å². The molecule has 2 atom stereocenters. The maximum absolute atomic E-state index is 13.4. The van der Waals surface area contributed by atoms with Gasteiger partial charge >= 0.3 is 0 Å². The molecule has 5 nitrogen and oxygen atoms in total. The van der Waals surface area contributed by atoms with Gasteiger partial charge in [0, 0.05) is 28.1 Å². The summed E-state index contributed by atoms with van der Waals surface area (Å²) in [5, 5.41) is 17.1. The summed E-state index contributed by atoms with van der Waals surface area (Å²) < 4.78 is 6.53. The Hall–Kier alpha value is -2.86. The molecule has 0 fully saturated rings. The van der Waals surface area contributed by atoms with Crippen LogP contribution in [0.5, 0.6) is 5.75 Å². The van der Waals surface area contributed by atoms with Gasteiger partial charge in [-0.3, -0.25) is 4.79 Å². The first-order chi connectivity index (χ1) is 14.0. The number of allylic oxidation sites excluding steroid dienone is 2. The lowest BCUT2D eigenvalue weighted by Gasteiger charge is -2.34. The molecule has 2 N–H and O–H groups in total. The van der Waals surface area contributed by atoms with Crippen molar-refractivity contribution in [2.24, 2.45) is 0 Å². The van der Waals surface area contributed by atoms with Crippen molar-refractivity contribution in [1.82, 2.24) is 5.16 Å². The molecule has 1 aliphatic heterocycles. The van der Waals surface area contributed by atoms with E-state index in [9.17, 15) is 9.90 Å². The monoisotopic (exact) mass is 450 g/mol. The summed E-state index contributed by atoms with van der Waals surface area (Å²) >= 11 is 3.55. The van der Waals surface area contributed by atoms with Gasteiger partial charge in [-0.05, 0) is 54.7 Å². The van der Waals surface area contributed by atoms with Crippen LogP contribution in [0.4, 0.5) is 5.88 Å². The fourth-order valence-corrected chi connectivity index (χ4v) is 4.89. The van der Waals surface area contributed by atoms with E-state index in [4.69, 9.17) is 4.52 Å². The molecule has 1 aliphatic carbocycles. The van der Waals surface area contributed by atoms with Gasteiger partial charge in [-0.1, -0.05) is 45.4 Å². The molecule has 3 aromatic rings. The topological polar surface area (TPSA) is 75.4 Å². The van der Waals surface area contributed by atoms with Crippen LogP contribution in [-0.2, 0) is 4.79 Å². The Kier molecular flexibility index (Phi) is 4.32. The van der Waals surface area contributed by atoms with Crippen molar-refractivity contribution in [3.8, 4) is 5.75 Å². The number of nitrogens with one attached hydrogen (secondary N) is 1. The summed E-state index contributed by atoms with van der Waals surface area (Å²) in [6, 6.07) is 15.2. The third kappa shape index (κ3) is 3.08. The number of phenolic OH excluding ortho intramolecular Hbond substituents is 1. The maximum Gasteiger partial charge on any atom is 0.233 e. The zero-order valence-corrected chi connectivity index (χ0v) is 17.4. The highest BCUT2D eigenvalue weighted by Gasteiger charge is 2.41. The van der Waals surface area contributed by atoms with Crippen LogP contribution in [0, 0.1) is 6.92 Å². The number of hydrogen-bond donors (Lipinski definition) is 2. The molecule has 0 radical (unpaired) electrons. The van der Waals surface area contributed by atoms with Crippen molar-refractivity contribution in [2.75, 3.05) is 5.32 Å². The van der Waals surface area contributed by atoms with Gasteiger partial charge in [0.1, 0.15) is 5.75 Å². The van der Waals surface area contributed by atoms with Crippen LogP contribution in [-0.4, -0.2) is 16.0 Å². The van der Waals surface area contributed by atoms with E-state index in [2.05, 4.69) is 32.5 Å². The second-order valence-electron chi connectivity index (χ2n) is 7.64. The fourth-order valence-electron chi connectivity index (χ4n) is 4.47. The number of ketones is 1. The molecular weight excluding hydrogens is 432 g/mol. The average Bonchev–Trinajstić information content (AvgIpc) is 3.07. The molecule has 2 aromatic carbocycles. The molecule has 6 heteroatoms. The van der Waals surface area contributed by atoms with Crippen molar-refractivity contribution < 1.29 is 14.4 Å². The lowest BCUT2D eigenvalue weighted by Crippen LogP contribution is -2.29. The van der Waals surface area contributed by atoms with Crippen LogP contribution in [0.15, 0.2) is 68.8 Å². The molecule has 0 saturated heterocycles. The third-order valence-electron chi connectivity index (χ3n) is 5.80. The second kappa shape index (κ2) is 6.88. The predicted octanol–water partition coefficient (Wildman–Crippen LogP) is 5.41. The van der Waals surface area contributed by atoms with Gasteiger partial charge in [0.15, 0.2) is 5.78 Å². The van der Waals surface area contributed by atoms with E-state index < -0.39 is 0 Å². The lowest BCUT2D eigenvalue weighted by molar-refractivity contribution is -0.116. The summed E-state index contributed by atoms with van der Waals surface area (Å²) in [7, 11) is 0. The van der Waals surface area contributed by atoms with Gasteiger partial charge in [0.05, 0.1) is 11.3 Å². The molecule has 29 heavy (non-hydrogen) atoms. The minimum atomic E-state index is -0.196. The van der Waals surface area contributed by atoms with Crippen molar-refractivity contribution in [1.29, 1.82) is 0 Å². The lowest BCUT2D eigenvalue weighted by atomic mass is 9.72. The number of hydrogen-bond acceptors (Lipinski definition) is 5. The summed E-state index contributed by atoms with van der Waals surface area (Å²) in [5.74, 6) is 0.836. The number of carbonyl (C=O) groups is 1. The zero-order valence-electron chi connectivity index (χ0n) is 15.8. The number of aryl methyl sites for hydroxylation is 1. The molecule has 0 unspecified atom stereocenters. The first kappa shape index (κ1) is 18.2. The average molecular weight is 451 g/mol. The number of Topliss-reactive ketones (excluding diaryl/α,β-unsaturated/α-hetero) is 1. The molecular formula is C23H19BrN2O3. The van der Waals surface area contributed by atoms with Crippen LogP contribution in [0.3, 0.4) is 0 Å². The fraction of sp³-hybridized carbons (Fsp3) is 0.217. The van der Waals surface area contributed by atoms with Gasteiger partial charge in [0.25, 0.3) is 0 Å². The maximum atomic E-state index is 13.4. The summed E-state index contributed by atoms with van der Waals surface area (Å²) in [6.45, 7) is 1.91. The predicted molar refractivity (Wildman–Crippen MR) is 113 cm³/mol. The standard InChI is InChI=1S/C23H19BrN2O3/c1-12-20-21(14-3-2-4-16(24)9-14)22-18(25-23(20)29-26-12)10-15(11-19(22)28)13-5-7-17(27)8-6-13/h2-9,15,21,25,27H,10-11H2,1H3/t15-,21+/m0/s1. The number of benzene rings is 2. The first-order valence-corrected chi connectivity index (χ1v) is 10.3. The number of carbonyl (C=O) groups excluding carboxylic acids is 1. The highest BCUT2D eigenvalue weighted by atomic mass is 79.9. The quantitative estimate of drug-likeness (QED) is 0.545. The van der Waals surface area contributed by atoms with E-state index in [1.54, 1.807) is 12.1 Å². The van der Waals surface area contributed by atoms with E-state index in [0.717, 1.165) is 38.1 Å². The van der Waals surface area contributed by atoms with Crippen LogP contribution < -0.4 is 5.32 Å². The van der Waals surface area contributed by atoms with E-state index in [1.807, 2.05) is 37.3 Å². The highest BCUT2D eigenvalue weighted by Crippen LogP contribution is 2.49. The van der Waals surface area contributed by atoms with Crippen molar-refractivity contribution in [3.05, 3.63) is 86.7 Å². The molecule has 2 aliphatic rings. The Bertz CT molecular complexity index is 1150. The Balaban J connectivity index is 1.62. The summed E-state index contributed by atoms with van der Waals surface area (Å²) in [5.41, 5.74) is 5.50. The number of phenols is 1. The molecule has 1 aromatic heterocycles. The minimum Gasteiger partial charge on any atom is -0.508 e. The molecule has 5 rings (SSSR count). The molecule has 146 valence electrons. The molecule has 2 heterocycles. The minimum absolute atomic E-state index is 0.0584. The number of anilines is 1. The normalized spacial score (nSPS) is 20.8.